The Labute approximate surface area is 133 Å². The molecule has 3 nitrogen and oxygen atoms in total. The Hall–Kier alpha value is -1.77. The van der Waals surface area contributed by atoms with E-state index < -0.39 is 0 Å². The van der Waals surface area contributed by atoms with Gasteiger partial charge in [0.25, 0.3) is 0 Å². The van der Waals surface area contributed by atoms with Crippen molar-refractivity contribution in [1.29, 1.82) is 0 Å². The summed E-state index contributed by atoms with van der Waals surface area (Å²) in [7, 11) is 0. The number of carbonyl (C=O) groups excluding carboxylic acids is 1. The third-order valence-electron chi connectivity index (χ3n) is 3.96. The summed E-state index contributed by atoms with van der Waals surface area (Å²) in [4.78, 5) is 11.7. The fourth-order valence-electron chi connectivity index (χ4n) is 2.66. The summed E-state index contributed by atoms with van der Waals surface area (Å²) in [5.74, 6) is 0.124. The van der Waals surface area contributed by atoms with Crippen LogP contribution >= 0.6 is 0 Å². The molecule has 2 rings (SSSR count). The number of ether oxygens (including phenoxy) is 1. The monoisotopic (exact) mass is 302 g/mol. The predicted octanol–water partition coefficient (Wildman–Crippen LogP) is 4.32. The molecule has 3 heteroatoms. The minimum Gasteiger partial charge on any atom is -0.507 e. The standard InChI is InChI=1S/C19H26O3/c1-18(2,3)14-10-12(9-13-7-8-22-17(13)21)11-15(16(14)20)19(4,5)6/h9-11,20H,7-8H2,1-6H3. The summed E-state index contributed by atoms with van der Waals surface area (Å²) in [5, 5.41) is 10.7. The Morgan fingerprint density at radius 1 is 1.05 bits per heavy atom. The molecule has 0 atom stereocenters. The van der Waals surface area contributed by atoms with Crippen LogP contribution in [0, 0.1) is 0 Å². The lowest BCUT2D eigenvalue weighted by molar-refractivity contribution is -0.134. The van der Waals surface area contributed by atoms with Gasteiger partial charge < -0.3 is 9.84 Å². The van der Waals surface area contributed by atoms with Crippen LogP contribution in [0.3, 0.4) is 0 Å². The van der Waals surface area contributed by atoms with Gasteiger partial charge in [-0.25, -0.2) is 4.79 Å². The molecule has 0 aliphatic carbocycles. The zero-order valence-electron chi connectivity index (χ0n) is 14.4. The van der Waals surface area contributed by atoms with Gasteiger partial charge in [0, 0.05) is 23.1 Å². The van der Waals surface area contributed by atoms with Crippen LogP contribution in [-0.4, -0.2) is 17.7 Å². The highest BCUT2D eigenvalue weighted by molar-refractivity contribution is 5.95. The average molecular weight is 302 g/mol. The number of hydrogen-bond donors (Lipinski definition) is 1. The summed E-state index contributed by atoms with van der Waals surface area (Å²) in [5.41, 5.74) is 3.10. The molecule has 1 aromatic rings. The Morgan fingerprint density at radius 2 is 1.55 bits per heavy atom. The Morgan fingerprint density at radius 3 is 1.91 bits per heavy atom. The van der Waals surface area contributed by atoms with Gasteiger partial charge in [-0.05, 0) is 34.6 Å². The summed E-state index contributed by atoms with van der Waals surface area (Å²) in [6.45, 7) is 12.9. The number of hydrogen-bond acceptors (Lipinski definition) is 3. The lowest BCUT2D eigenvalue weighted by Gasteiger charge is -2.28. The topological polar surface area (TPSA) is 46.5 Å². The lowest BCUT2D eigenvalue weighted by Crippen LogP contribution is -2.17. The Kier molecular flexibility index (Phi) is 4.12. The quantitative estimate of drug-likeness (QED) is 0.621. The molecule has 0 saturated carbocycles. The Bertz CT molecular complexity index is 590. The molecule has 1 aliphatic heterocycles. The van der Waals surface area contributed by atoms with Gasteiger partial charge >= 0.3 is 5.97 Å². The molecule has 0 spiro atoms. The smallest absolute Gasteiger partial charge is 0.334 e. The van der Waals surface area contributed by atoms with Crippen LogP contribution in [0.5, 0.6) is 5.75 Å². The first-order chi connectivity index (χ1) is 10.00. The fourth-order valence-corrected chi connectivity index (χ4v) is 2.66. The third-order valence-corrected chi connectivity index (χ3v) is 3.96. The van der Waals surface area contributed by atoms with Crippen LogP contribution in [0.15, 0.2) is 17.7 Å². The van der Waals surface area contributed by atoms with Gasteiger partial charge in [-0.3, -0.25) is 0 Å². The van der Waals surface area contributed by atoms with E-state index in [9.17, 15) is 9.90 Å². The second-order valence-corrected chi connectivity index (χ2v) is 8.02. The van der Waals surface area contributed by atoms with E-state index in [1.807, 2.05) is 18.2 Å². The van der Waals surface area contributed by atoms with E-state index in [0.717, 1.165) is 16.7 Å². The van der Waals surface area contributed by atoms with Crippen molar-refractivity contribution in [3.63, 3.8) is 0 Å². The second-order valence-electron chi connectivity index (χ2n) is 8.02. The highest BCUT2D eigenvalue weighted by Crippen LogP contribution is 2.40. The number of phenolic OH excluding ortho intramolecular Hbond substituents is 1. The van der Waals surface area contributed by atoms with Crippen molar-refractivity contribution in [1.82, 2.24) is 0 Å². The molecule has 22 heavy (non-hydrogen) atoms. The van der Waals surface area contributed by atoms with Crippen LogP contribution < -0.4 is 0 Å². The van der Waals surface area contributed by atoms with E-state index in [4.69, 9.17) is 4.74 Å². The normalized spacial score (nSPS) is 17.9. The van der Waals surface area contributed by atoms with Crippen molar-refractivity contribution in [2.75, 3.05) is 6.61 Å². The van der Waals surface area contributed by atoms with Crippen LogP contribution in [0.25, 0.3) is 6.08 Å². The summed E-state index contributed by atoms with van der Waals surface area (Å²) >= 11 is 0. The predicted molar refractivity (Wildman–Crippen MR) is 89.1 cm³/mol. The molecule has 120 valence electrons. The Balaban J connectivity index is 2.63. The minimum atomic E-state index is -0.234. The van der Waals surface area contributed by atoms with Gasteiger partial charge in [-0.2, -0.15) is 0 Å². The number of carbonyl (C=O) groups is 1. The van der Waals surface area contributed by atoms with E-state index in [-0.39, 0.29) is 16.8 Å². The van der Waals surface area contributed by atoms with Gasteiger partial charge in [-0.15, -0.1) is 0 Å². The maximum atomic E-state index is 11.7. The number of rotatable bonds is 1. The summed E-state index contributed by atoms with van der Waals surface area (Å²) in [6.07, 6.45) is 2.54. The zero-order valence-corrected chi connectivity index (χ0v) is 14.4. The van der Waals surface area contributed by atoms with Crippen molar-refractivity contribution < 1.29 is 14.6 Å². The maximum Gasteiger partial charge on any atom is 0.334 e. The third kappa shape index (κ3) is 3.34. The number of cyclic esters (lactones) is 1. The van der Waals surface area contributed by atoms with E-state index in [1.165, 1.54) is 0 Å². The highest BCUT2D eigenvalue weighted by Gasteiger charge is 2.27. The molecule has 0 radical (unpaired) electrons. The van der Waals surface area contributed by atoms with E-state index in [1.54, 1.807) is 0 Å². The molecule has 1 fully saturated rings. The largest absolute Gasteiger partial charge is 0.507 e. The van der Waals surface area contributed by atoms with Crippen molar-refractivity contribution in [3.05, 3.63) is 34.4 Å². The first-order valence-corrected chi connectivity index (χ1v) is 7.76. The molecule has 0 aromatic heterocycles. The zero-order chi connectivity index (χ0) is 16.7. The van der Waals surface area contributed by atoms with Gasteiger partial charge in [0.05, 0.1) is 6.61 Å². The minimum absolute atomic E-state index is 0.172. The number of benzene rings is 1. The fraction of sp³-hybridized carbons (Fsp3) is 0.526. The summed E-state index contributed by atoms with van der Waals surface area (Å²) < 4.78 is 5.00. The van der Waals surface area contributed by atoms with Crippen molar-refractivity contribution in [3.8, 4) is 5.75 Å². The molecular weight excluding hydrogens is 276 g/mol. The molecule has 1 aromatic carbocycles. The molecule has 1 saturated heterocycles. The number of esters is 1. The molecule has 1 aliphatic rings. The highest BCUT2D eigenvalue weighted by atomic mass is 16.5. The van der Waals surface area contributed by atoms with Crippen LogP contribution in [0.1, 0.15) is 64.7 Å². The molecule has 1 N–H and O–H groups in total. The number of aromatic hydroxyl groups is 1. The molecule has 0 bridgehead atoms. The summed E-state index contributed by atoms with van der Waals surface area (Å²) in [6, 6.07) is 3.95. The number of phenols is 1. The van der Waals surface area contributed by atoms with E-state index in [0.29, 0.717) is 24.4 Å². The van der Waals surface area contributed by atoms with Crippen LogP contribution in [0.2, 0.25) is 0 Å². The molecular formula is C19H26O3. The first-order valence-electron chi connectivity index (χ1n) is 7.76. The van der Waals surface area contributed by atoms with Crippen molar-refractivity contribution >= 4 is 12.0 Å². The molecule has 1 heterocycles. The van der Waals surface area contributed by atoms with Gasteiger partial charge in [-0.1, -0.05) is 41.5 Å². The average Bonchev–Trinajstić information content (AvgIpc) is 2.74. The second kappa shape index (κ2) is 5.45. The molecule has 0 amide bonds. The van der Waals surface area contributed by atoms with E-state index >= 15 is 0 Å². The first kappa shape index (κ1) is 16.6. The van der Waals surface area contributed by atoms with Crippen molar-refractivity contribution in [2.45, 2.75) is 58.8 Å². The lowest BCUT2D eigenvalue weighted by atomic mass is 9.78. The van der Waals surface area contributed by atoms with Gasteiger partial charge in [0.15, 0.2) is 0 Å². The van der Waals surface area contributed by atoms with Crippen LogP contribution in [0.4, 0.5) is 0 Å². The van der Waals surface area contributed by atoms with Gasteiger partial charge in [0.1, 0.15) is 5.75 Å². The SMILES string of the molecule is CC(C)(C)c1cc(C=C2CCOC2=O)cc(C(C)(C)C)c1O. The maximum absolute atomic E-state index is 11.7. The molecule has 0 unspecified atom stereocenters. The van der Waals surface area contributed by atoms with Gasteiger partial charge in [0.2, 0.25) is 0 Å². The van der Waals surface area contributed by atoms with Crippen LogP contribution in [-0.2, 0) is 20.4 Å². The van der Waals surface area contributed by atoms with E-state index in [2.05, 4.69) is 41.5 Å². The van der Waals surface area contributed by atoms with Crippen molar-refractivity contribution in [2.24, 2.45) is 0 Å².